The largest absolute Gasteiger partial charge is 0.459 e. The molecule has 3 rings (SSSR count). The van der Waals surface area contributed by atoms with Crippen LogP contribution in [0.25, 0.3) is 0 Å². The molecule has 2 heterocycles. The normalized spacial score (nSPS) is 21.6. The average molecular weight is 290 g/mol. The van der Waals surface area contributed by atoms with E-state index in [0.717, 1.165) is 38.4 Å². The third-order valence-electron chi connectivity index (χ3n) is 4.93. The van der Waals surface area contributed by atoms with Crippen LogP contribution >= 0.6 is 0 Å². The minimum absolute atomic E-state index is 0.0331. The number of hydrogen-bond donors (Lipinski definition) is 1. The van der Waals surface area contributed by atoms with Gasteiger partial charge >= 0.3 is 0 Å². The summed E-state index contributed by atoms with van der Waals surface area (Å²) in [7, 11) is 0. The average Bonchev–Trinajstić information content (AvgIpc) is 3.08. The number of carbonyl (C=O) groups is 1. The molecule has 2 fully saturated rings. The molecule has 0 atom stereocenters. The quantitative estimate of drug-likeness (QED) is 0.927. The number of rotatable bonds is 4. The van der Waals surface area contributed by atoms with Crippen molar-refractivity contribution in [3.05, 3.63) is 24.2 Å². The van der Waals surface area contributed by atoms with E-state index in [4.69, 9.17) is 4.42 Å². The van der Waals surface area contributed by atoms with Gasteiger partial charge in [0.2, 0.25) is 0 Å². The summed E-state index contributed by atoms with van der Waals surface area (Å²) >= 11 is 0. The first kappa shape index (κ1) is 14.6. The van der Waals surface area contributed by atoms with Gasteiger partial charge in [-0.3, -0.25) is 4.79 Å². The van der Waals surface area contributed by atoms with Gasteiger partial charge in [0.15, 0.2) is 5.76 Å². The van der Waals surface area contributed by atoms with Crippen molar-refractivity contribution >= 4 is 5.91 Å². The van der Waals surface area contributed by atoms with Crippen molar-refractivity contribution in [3.63, 3.8) is 0 Å². The summed E-state index contributed by atoms with van der Waals surface area (Å²) in [6, 6.07) is 4.09. The highest BCUT2D eigenvalue weighted by molar-refractivity contribution is 5.91. The summed E-state index contributed by atoms with van der Waals surface area (Å²) in [5.41, 5.74) is 0. The number of carbonyl (C=O) groups excluding carboxylic acids is 1. The van der Waals surface area contributed by atoms with Crippen LogP contribution in [0.15, 0.2) is 22.8 Å². The van der Waals surface area contributed by atoms with Crippen LogP contribution in [-0.4, -0.2) is 36.5 Å². The van der Waals surface area contributed by atoms with Crippen molar-refractivity contribution in [1.82, 2.24) is 10.2 Å². The third kappa shape index (κ3) is 3.88. The fraction of sp³-hybridized carbons (Fsp3) is 0.706. The Hall–Kier alpha value is -1.29. The summed E-state index contributed by atoms with van der Waals surface area (Å²) in [4.78, 5) is 14.1. The second kappa shape index (κ2) is 7.12. The van der Waals surface area contributed by atoms with Gasteiger partial charge in [-0.05, 0) is 50.3 Å². The molecule has 1 saturated heterocycles. The molecule has 1 amide bonds. The Morgan fingerprint density at radius 1 is 1.19 bits per heavy atom. The number of hydrogen-bond acceptors (Lipinski definition) is 3. The van der Waals surface area contributed by atoms with Gasteiger partial charge in [-0.2, -0.15) is 0 Å². The summed E-state index contributed by atoms with van der Waals surface area (Å²) < 4.78 is 5.20. The monoisotopic (exact) mass is 290 g/mol. The molecule has 1 N–H and O–H groups in total. The Balaban J connectivity index is 1.39. The summed E-state index contributed by atoms with van der Waals surface area (Å²) in [6.07, 6.45) is 10.7. The fourth-order valence-corrected chi connectivity index (χ4v) is 3.57. The van der Waals surface area contributed by atoms with Crippen molar-refractivity contribution in [2.45, 2.75) is 51.0 Å². The maximum atomic E-state index is 12.2. The molecule has 0 unspecified atom stereocenters. The maximum absolute atomic E-state index is 12.2. The Bertz CT molecular complexity index is 430. The molecule has 1 aliphatic heterocycles. The number of furan rings is 1. The molecule has 4 nitrogen and oxygen atoms in total. The molecule has 1 aromatic heterocycles. The van der Waals surface area contributed by atoms with Crippen LogP contribution in [0.3, 0.4) is 0 Å². The molecule has 2 aliphatic rings. The van der Waals surface area contributed by atoms with E-state index in [0.29, 0.717) is 11.8 Å². The van der Waals surface area contributed by atoms with E-state index < -0.39 is 0 Å². The smallest absolute Gasteiger partial charge is 0.289 e. The van der Waals surface area contributed by atoms with Gasteiger partial charge in [0.25, 0.3) is 5.91 Å². The lowest BCUT2D eigenvalue weighted by Gasteiger charge is -2.33. The Kier molecular flexibility index (Phi) is 4.96. The van der Waals surface area contributed by atoms with Gasteiger partial charge in [-0.1, -0.05) is 19.3 Å². The van der Waals surface area contributed by atoms with Crippen molar-refractivity contribution in [2.24, 2.45) is 5.92 Å². The van der Waals surface area contributed by atoms with Crippen molar-refractivity contribution < 1.29 is 9.21 Å². The molecule has 0 aromatic carbocycles. The Morgan fingerprint density at radius 3 is 2.62 bits per heavy atom. The topological polar surface area (TPSA) is 45.5 Å². The van der Waals surface area contributed by atoms with Gasteiger partial charge in [-0.25, -0.2) is 0 Å². The summed E-state index contributed by atoms with van der Waals surface area (Å²) in [5.74, 6) is 1.37. The predicted octanol–water partition coefficient (Wildman–Crippen LogP) is 3.05. The van der Waals surface area contributed by atoms with E-state index in [2.05, 4.69) is 5.32 Å². The molecule has 4 heteroatoms. The van der Waals surface area contributed by atoms with E-state index in [9.17, 15) is 4.79 Å². The van der Waals surface area contributed by atoms with E-state index in [1.54, 1.807) is 18.4 Å². The predicted molar refractivity (Wildman–Crippen MR) is 82.2 cm³/mol. The first-order valence-corrected chi connectivity index (χ1v) is 8.39. The molecular weight excluding hydrogens is 264 g/mol. The number of nitrogens with one attached hydrogen (secondary N) is 1. The second-order valence-electron chi connectivity index (χ2n) is 6.46. The fourth-order valence-electron chi connectivity index (χ4n) is 3.57. The molecule has 1 aromatic rings. The second-order valence-corrected chi connectivity index (χ2v) is 6.46. The Labute approximate surface area is 126 Å². The van der Waals surface area contributed by atoms with Crippen LogP contribution in [0.5, 0.6) is 0 Å². The first-order chi connectivity index (χ1) is 10.3. The lowest BCUT2D eigenvalue weighted by Crippen LogP contribution is -2.46. The molecule has 0 spiro atoms. The van der Waals surface area contributed by atoms with Crippen LogP contribution < -0.4 is 5.32 Å². The molecule has 1 aliphatic carbocycles. The van der Waals surface area contributed by atoms with Crippen LogP contribution in [0.2, 0.25) is 0 Å². The molecule has 0 radical (unpaired) electrons. The molecule has 0 bridgehead atoms. The zero-order valence-corrected chi connectivity index (χ0v) is 12.7. The van der Waals surface area contributed by atoms with Crippen LogP contribution in [0, 0.1) is 5.92 Å². The van der Waals surface area contributed by atoms with Gasteiger partial charge < -0.3 is 14.6 Å². The number of likely N-dealkylation sites (tertiary alicyclic amines) is 1. The number of nitrogens with zero attached hydrogens (tertiary/aromatic N) is 1. The molecule has 21 heavy (non-hydrogen) atoms. The van der Waals surface area contributed by atoms with E-state index in [1.165, 1.54) is 32.1 Å². The Morgan fingerprint density at radius 2 is 1.95 bits per heavy atom. The third-order valence-corrected chi connectivity index (χ3v) is 4.93. The highest BCUT2D eigenvalue weighted by Gasteiger charge is 2.25. The highest BCUT2D eigenvalue weighted by atomic mass is 16.3. The van der Waals surface area contributed by atoms with Gasteiger partial charge in [-0.15, -0.1) is 0 Å². The molecular formula is C17H26N2O2. The van der Waals surface area contributed by atoms with E-state index in [1.807, 2.05) is 4.90 Å². The lowest BCUT2D eigenvalue weighted by atomic mass is 9.89. The van der Waals surface area contributed by atoms with Crippen molar-refractivity contribution in [2.75, 3.05) is 19.6 Å². The zero-order valence-electron chi connectivity index (χ0n) is 12.7. The van der Waals surface area contributed by atoms with Crippen LogP contribution in [0.4, 0.5) is 0 Å². The van der Waals surface area contributed by atoms with Crippen LogP contribution in [-0.2, 0) is 0 Å². The number of amides is 1. The highest BCUT2D eigenvalue weighted by Crippen LogP contribution is 2.23. The maximum Gasteiger partial charge on any atom is 0.289 e. The standard InChI is InChI=1S/C17H26N2O2/c20-17(16-7-4-12-21-16)19-10-8-15(9-11-19)18-13-14-5-2-1-3-6-14/h4,7,12,14-15,18H,1-3,5-6,8-11,13H2. The SMILES string of the molecule is O=C(c1ccco1)N1CCC(NCC2CCCCC2)CC1. The molecule has 116 valence electrons. The van der Waals surface area contributed by atoms with E-state index >= 15 is 0 Å². The van der Waals surface area contributed by atoms with Gasteiger partial charge in [0, 0.05) is 19.1 Å². The zero-order chi connectivity index (χ0) is 14.5. The van der Waals surface area contributed by atoms with Crippen molar-refractivity contribution in [3.8, 4) is 0 Å². The van der Waals surface area contributed by atoms with Crippen molar-refractivity contribution in [1.29, 1.82) is 0 Å². The van der Waals surface area contributed by atoms with E-state index in [-0.39, 0.29) is 5.91 Å². The van der Waals surface area contributed by atoms with Gasteiger partial charge in [0.05, 0.1) is 6.26 Å². The summed E-state index contributed by atoms with van der Waals surface area (Å²) in [6.45, 7) is 2.83. The van der Waals surface area contributed by atoms with Gasteiger partial charge in [0.1, 0.15) is 0 Å². The molecule has 1 saturated carbocycles. The minimum atomic E-state index is 0.0331. The minimum Gasteiger partial charge on any atom is -0.459 e. The number of piperidine rings is 1. The first-order valence-electron chi connectivity index (χ1n) is 8.39. The summed E-state index contributed by atoms with van der Waals surface area (Å²) in [5, 5.41) is 3.72. The van der Waals surface area contributed by atoms with Crippen LogP contribution in [0.1, 0.15) is 55.5 Å². The lowest BCUT2D eigenvalue weighted by molar-refractivity contribution is 0.0671.